The smallest absolute Gasteiger partial charge is 0.335 e. The summed E-state index contributed by atoms with van der Waals surface area (Å²) in [4.78, 5) is 12.0. The van der Waals surface area contributed by atoms with E-state index in [-0.39, 0.29) is 12.1 Å². The van der Waals surface area contributed by atoms with Crippen LogP contribution in [0.2, 0.25) is 0 Å². The largest absolute Gasteiger partial charge is 0.449 e. The lowest BCUT2D eigenvalue weighted by Crippen LogP contribution is -2.06. The van der Waals surface area contributed by atoms with Gasteiger partial charge in [-0.3, -0.25) is 0 Å². The number of hydrogen-bond acceptors (Lipinski definition) is 2. The minimum absolute atomic E-state index is 0.167. The van der Waals surface area contributed by atoms with Crippen LogP contribution in [0.1, 0.15) is 22.8 Å². The van der Waals surface area contributed by atoms with Crippen molar-refractivity contribution in [3.05, 3.63) is 76.9 Å². The molecule has 0 saturated carbocycles. The Morgan fingerprint density at radius 3 is 2.53 bits per heavy atom. The molecule has 1 heterocycles. The van der Waals surface area contributed by atoms with Crippen LogP contribution in [-0.2, 0) is 16.0 Å². The second-order valence-electron chi connectivity index (χ2n) is 4.92. The molecule has 0 fully saturated rings. The molecule has 1 aliphatic heterocycles. The summed E-state index contributed by atoms with van der Waals surface area (Å²) in [5.41, 5.74) is 5.32. The number of fused-ring (bicyclic) bond motifs is 2. The Labute approximate surface area is 111 Å². The summed E-state index contributed by atoms with van der Waals surface area (Å²) in [5.74, 6) is -0.167. The first kappa shape index (κ1) is 10.6. The standard InChI is InChI=1S/C17H12O2/c18-17-14-10-12-8-4-5-9-13(12)15(14)16(19-17)11-6-2-1-3-7-11/h1-9,16H,10H2. The Balaban J connectivity index is 1.87. The zero-order valence-corrected chi connectivity index (χ0v) is 10.3. The van der Waals surface area contributed by atoms with E-state index in [4.69, 9.17) is 4.74 Å². The maximum Gasteiger partial charge on any atom is 0.335 e. The van der Waals surface area contributed by atoms with E-state index in [0.29, 0.717) is 6.42 Å². The van der Waals surface area contributed by atoms with Crippen molar-refractivity contribution in [2.45, 2.75) is 12.5 Å². The van der Waals surface area contributed by atoms with E-state index >= 15 is 0 Å². The van der Waals surface area contributed by atoms with Crippen LogP contribution in [0, 0.1) is 0 Å². The highest BCUT2D eigenvalue weighted by Gasteiger charge is 2.40. The average molecular weight is 248 g/mol. The molecule has 2 nitrogen and oxygen atoms in total. The molecule has 2 heteroatoms. The van der Waals surface area contributed by atoms with Crippen LogP contribution in [0.4, 0.5) is 0 Å². The molecule has 1 atom stereocenters. The Hall–Kier alpha value is -2.35. The van der Waals surface area contributed by atoms with Crippen molar-refractivity contribution in [1.82, 2.24) is 0 Å². The van der Waals surface area contributed by atoms with Crippen LogP contribution < -0.4 is 0 Å². The fraction of sp³-hybridized carbons (Fsp3) is 0.118. The number of carbonyl (C=O) groups excluding carboxylic acids is 1. The van der Waals surface area contributed by atoms with Gasteiger partial charge in [0.1, 0.15) is 0 Å². The van der Waals surface area contributed by atoms with Gasteiger partial charge in [0, 0.05) is 17.6 Å². The SMILES string of the molecule is O=C1OC(c2ccccc2)C2=C1Cc1ccccc12. The first-order chi connectivity index (χ1) is 9.34. The normalized spacial score (nSPS) is 20.2. The molecule has 4 rings (SSSR count). The first-order valence-electron chi connectivity index (χ1n) is 6.42. The maximum absolute atomic E-state index is 12.0. The molecule has 0 saturated heterocycles. The number of rotatable bonds is 1. The molecule has 19 heavy (non-hydrogen) atoms. The lowest BCUT2D eigenvalue weighted by Gasteiger charge is -2.15. The van der Waals surface area contributed by atoms with E-state index in [9.17, 15) is 4.79 Å². The molecule has 2 aliphatic rings. The van der Waals surface area contributed by atoms with Crippen molar-refractivity contribution in [2.24, 2.45) is 0 Å². The molecule has 2 aromatic rings. The fourth-order valence-electron chi connectivity index (χ4n) is 2.97. The summed E-state index contributed by atoms with van der Waals surface area (Å²) < 4.78 is 5.56. The lowest BCUT2D eigenvalue weighted by atomic mass is 9.96. The van der Waals surface area contributed by atoms with Crippen LogP contribution in [0.5, 0.6) is 0 Å². The Morgan fingerprint density at radius 1 is 0.947 bits per heavy atom. The molecule has 0 N–H and O–H groups in total. The topological polar surface area (TPSA) is 26.3 Å². The predicted octanol–water partition coefficient (Wildman–Crippen LogP) is 3.29. The van der Waals surface area contributed by atoms with Crippen LogP contribution in [0.3, 0.4) is 0 Å². The second kappa shape index (κ2) is 3.82. The van der Waals surface area contributed by atoms with Gasteiger partial charge >= 0.3 is 5.97 Å². The lowest BCUT2D eigenvalue weighted by molar-refractivity contribution is -0.139. The summed E-state index contributed by atoms with van der Waals surface area (Å²) in [6, 6.07) is 18.1. The van der Waals surface area contributed by atoms with Gasteiger partial charge in [0.25, 0.3) is 0 Å². The fourth-order valence-corrected chi connectivity index (χ4v) is 2.97. The van der Waals surface area contributed by atoms with E-state index in [2.05, 4.69) is 12.1 Å². The molecular formula is C17H12O2. The van der Waals surface area contributed by atoms with Gasteiger partial charge < -0.3 is 4.74 Å². The van der Waals surface area contributed by atoms with Crippen LogP contribution in [-0.4, -0.2) is 5.97 Å². The molecule has 1 unspecified atom stereocenters. The molecule has 0 aromatic heterocycles. The van der Waals surface area contributed by atoms with Crippen LogP contribution in [0.15, 0.2) is 60.2 Å². The summed E-state index contributed by atoms with van der Waals surface area (Å²) in [6.45, 7) is 0. The zero-order valence-electron chi connectivity index (χ0n) is 10.3. The number of carbonyl (C=O) groups is 1. The maximum atomic E-state index is 12.0. The average Bonchev–Trinajstić information content (AvgIpc) is 2.98. The number of ether oxygens (including phenoxy) is 1. The van der Waals surface area contributed by atoms with Gasteiger partial charge in [0.05, 0.1) is 0 Å². The van der Waals surface area contributed by atoms with Gasteiger partial charge in [-0.2, -0.15) is 0 Å². The summed E-state index contributed by atoms with van der Waals surface area (Å²) in [5, 5.41) is 0. The van der Waals surface area contributed by atoms with E-state index in [0.717, 1.165) is 22.3 Å². The molecule has 92 valence electrons. The second-order valence-corrected chi connectivity index (χ2v) is 4.92. The van der Waals surface area contributed by atoms with Gasteiger partial charge in [-0.15, -0.1) is 0 Å². The van der Waals surface area contributed by atoms with Crippen molar-refractivity contribution in [2.75, 3.05) is 0 Å². The van der Waals surface area contributed by atoms with Gasteiger partial charge in [-0.05, 0) is 16.7 Å². The third-order valence-electron chi connectivity index (χ3n) is 3.84. The molecule has 0 spiro atoms. The molecule has 0 bridgehead atoms. The van der Waals surface area contributed by atoms with E-state index < -0.39 is 0 Å². The monoisotopic (exact) mass is 248 g/mol. The third-order valence-corrected chi connectivity index (χ3v) is 3.84. The third kappa shape index (κ3) is 1.46. The Kier molecular flexibility index (Phi) is 2.12. The number of esters is 1. The van der Waals surface area contributed by atoms with E-state index in [1.807, 2.05) is 42.5 Å². The van der Waals surface area contributed by atoms with Gasteiger partial charge in [0.15, 0.2) is 6.10 Å². The van der Waals surface area contributed by atoms with E-state index in [1.54, 1.807) is 0 Å². The number of hydrogen-bond donors (Lipinski definition) is 0. The summed E-state index contributed by atoms with van der Waals surface area (Å²) in [6.07, 6.45) is 0.459. The van der Waals surface area contributed by atoms with E-state index in [1.165, 1.54) is 5.56 Å². The molecule has 0 amide bonds. The molecule has 1 aliphatic carbocycles. The molecular weight excluding hydrogens is 236 g/mol. The van der Waals surface area contributed by atoms with Crippen LogP contribution in [0.25, 0.3) is 5.57 Å². The van der Waals surface area contributed by atoms with Gasteiger partial charge in [-0.25, -0.2) is 4.79 Å². The predicted molar refractivity (Wildman–Crippen MR) is 72.3 cm³/mol. The quantitative estimate of drug-likeness (QED) is 0.724. The minimum Gasteiger partial charge on any atom is -0.449 e. The number of cyclic esters (lactones) is 1. The van der Waals surface area contributed by atoms with Crippen molar-refractivity contribution in [3.63, 3.8) is 0 Å². The van der Waals surface area contributed by atoms with Crippen LogP contribution >= 0.6 is 0 Å². The van der Waals surface area contributed by atoms with Crippen molar-refractivity contribution >= 4 is 11.5 Å². The number of benzene rings is 2. The van der Waals surface area contributed by atoms with Crippen molar-refractivity contribution < 1.29 is 9.53 Å². The first-order valence-corrected chi connectivity index (χ1v) is 6.42. The minimum atomic E-state index is -0.243. The Bertz CT molecular complexity index is 698. The zero-order chi connectivity index (χ0) is 12.8. The van der Waals surface area contributed by atoms with Gasteiger partial charge in [0.2, 0.25) is 0 Å². The summed E-state index contributed by atoms with van der Waals surface area (Å²) in [7, 11) is 0. The molecule has 0 radical (unpaired) electrons. The van der Waals surface area contributed by atoms with Crippen molar-refractivity contribution in [3.8, 4) is 0 Å². The highest BCUT2D eigenvalue weighted by molar-refractivity contribution is 6.06. The summed E-state index contributed by atoms with van der Waals surface area (Å²) >= 11 is 0. The Morgan fingerprint density at radius 2 is 1.68 bits per heavy atom. The van der Waals surface area contributed by atoms with Gasteiger partial charge in [-0.1, -0.05) is 54.6 Å². The molecule has 2 aromatic carbocycles. The highest BCUT2D eigenvalue weighted by Crippen LogP contribution is 2.47. The highest BCUT2D eigenvalue weighted by atomic mass is 16.5. The van der Waals surface area contributed by atoms with Crippen molar-refractivity contribution in [1.29, 1.82) is 0 Å².